The average molecular weight is 525 g/mol. The molecule has 0 radical (unpaired) electrons. The maximum Gasteiger partial charge on any atom is 0.234 e. The van der Waals surface area contributed by atoms with Gasteiger partial charge in [0.25, 0.3) is 0 Å². The molecule has 0 aliphatic heterocycles. The third kappa shape index (κ3) is 4.99. The lowest BCUT2D eigenvalue weighted by Crippen LogP contribution is -2.14. The van der Waals surface area contributed by atoms with Gasteiger partial charge in [-0.2, -0.15) is 0 Å². The van der Waals surface area contributed by atoms with Gasteiger partial charge in [-0.15, -0.1) is 11.3 Å². The van der Waals surface area contributed by atoms with Gasteiger partial charge in [-0.1, -0.05) is 37.4 Å². The van der Waals surface area contributed by atoms with Crippen LogP contribution in [-0.4, -0.2) is 40.0 Å². The molecule has 0 unspecified atom stereocenters. The van der Waals surface area contributed by atoms with Crippen LogP contribution >= 0.6 is 34.9 Å². The summed E-state index contributed by atoms with van der Waals surface area (Å²) >= 11 is 4.65. The van der Waals surface area contributed by atoms with Crippen molar-refractivity contribution in [2.24, 2.45) is 5.92 Å². The number of pyridine rings is 1. The Bertz CT molecular complexity index is 1400. The number of thiophene rings is 1. The molecule has 1 amide bonds. The number of nitrogens with zero attached hydrogens (tertiary/aromatic N) is 3. The first-order chi connectivity index (χ1) is 17.0. The maximum absolute atomic E-state index is 12.7. The number of hydrogen-bond acceptors (Lipinski definition) is 8. The topological polar surface area (TPSA) is 77.0 Å². The Labute approximate surface area is 217 Å². The number of fused-ring (bicyclic) bond motifs is 5. The SMILES string of the molecule is COc1ccc(NC(=O)CSc2nc(SC)nc3c2sc2nc(CC(C)C)c4c(c23)CCC4)cc1. The van der Waals surface area contributed by atoms with Crippen LogP contribution in [0.1, 0.15) is 37.1 Å². The fraction of sp³-hybridized carbons (Fsp3) is 0.385. The monoisotopic (exact) mass is 524 g/mol. The van der Waals surface area contributed by atoms with E-state index in [1.165, 1.54) is 52.2 Å². The number of aromatic nitrogens is 3. The molecule has 35 heavy (non-hydrogen) atoms. The molecule has 0 saturated carbocycles. The van der Waals surface area contributed by atoms with Gasteiger partial charge in [0.15, 0.2) is 5.16 Å². The highest BCUT2D eigenvalue weighted by Crippen LogP contribution is 2.43. The lowest BCUT2D eigenvalue weighted by atomic mass is 9.99. The van der Waals surface area contributed by atoms with Crippen molar-refractivity contribution in [2.45, 2.75) is 49.7 Å². The summed E-state index contributed by atoms with van der Waals surface area (Å²) < 4.78 is 6.21. The maximum atomic E-state index is 12.7. The highest BCUT2D eigenvalue weighted by Gasteiger charge is 2.25. The molecule has 3 aromatic heterocycles. The van der Waals surface area contributed by atoms with E-state index in [9.17, 15) is 4.79 Å². The second kappa shape index (κ2) is 10.3. The van der Waals surface area contributed by atoms with Crippen LogP contribution < -0.4 is 10.1 Å². The molecule has 0 atom stereocenters. The van der Waals surface area contributed by atoms with Crippen LogP contribution in [0.4, 0.5) is 5.69 Å². The van der Waals surface area contributed by atoms with Gasteiger partial charge in [-0.25, -0.2) is 15.0 Å². The van der Waals surface area contributed by atoms with E-state index in [2.05, 4.69) is 19.2 Å². The van der Waals surface area contributed by atoms with Crippen LogP contribution in [0.3, 0.4) is 0 Å². The number of carbonyl (C=O) groups is 1. The molecule has 0 saturated heterocycles. The van der Waals surface area contributed by atoms with Crippen molar-refractivity contribution < 1.29 is 9.53 Å². The third-order valence-electron chi connectivity index (χ3n) is 6.07. The molecule has 1 aliphatic carbocycles. The summed E-state index contributed by atoms with van der Waals surface area (Å²) in [5.41, 5.74) is 5.84. The molecule has 0 fully saturated rings. The van der Waals surface area contributed by atoms with Crippen LogP contribution in [0.15, 0.2) is 34.4 Å². The van der Waals surface area contributed by atoms with Gasteiger partial charge < -0.3 is 10.1 Å². The van der Waals surface area contributed by atoms with Crippen LogP contribution in [0.2, 0.25) is 0 Å². The third-order valence-corrected chi connectivity index (χ3v) is 8.80. The smallest absolute Gasteiger partial charge is 0.234 e. The molecule has 1 aliphatic rings. The minimum Gasteiger partial charge on any atom is -0.497 e. The van der Waals surface area contributed by atoms with Crippen LogP contribution in [0, 0.1) is 5.92 Å². The molecule has 1 N–H and O–H groups in total. The summed E-state index contributed by atoms with van der Waals surface area (Å²) in [7, 11) is 1.62. The zero-order chi connectivity index (χ0) is 24.5. The molecular formula is C26H28N4O2S3. The Morgan fingerprint density at radius 1 is 1.14 bits per heavy atom. The zero-order valence-electron chi connectivity index (χ0n) is 20.3. The summed E-state index contributed by atoms with van der Waals surface area (Å²) in [4.78, 5) is 28.6. The lowest BCUT2D eigenvalue weighted by Gasteiger charge is -2.11. The Kier molecular flexibility index (Phi) is 7.18. The molecule has 9 heteroatoms. The Morgan fingerprint density at radius 3 is 2.63 bits per heavy atom. The normalized spacial score (nSPS) is 13.1. The zero-order valence-corrected chi connectivity index (χ0v) is 22.8. The van der Waals surface area contributed by atoms with Crippen molar-refractivity contribution >= 4 is 66.9 Å². The second-order valence-electron chi connectivity index (χ2n) is 9.01. The molecule has 4 aromatic rings. The molecule has 6 nitrogen and oxygen atoms in total. The number of aryl methyl sites for hydroxylation is 1. The molecule has 5 rings (SSSR count). The molecule has 0 bridgehead atoms. The van der Waals surface area contributed by atoms with Crippen LogP contribution in [0.5, 0.6) is 5.75 Å². The van der Waals surface area contributed by atoms with E-state index in [0.29, 0.717) is 5.92 Å². The second-order valence-corrected chi connectivity index (χ2v) is 11.7. The number of anilines is 1. The Balaban J connectivity index is 1.48. The quantitative estimate of drug-likeness (QED) is 0.163. The van der Waals surface area contributed by atoms with E-state index < -0.39 is 0 Å². The number of thioether (sulfide) groups is 2. The van der Waals surface area contributed by atoms with E-state index in [1.807, 2.05) is 30.5 Å². The summed E-state index contributed by atoms with van der Waals surface area (Å²) in [6, 6.07) is 7.33. The lowest BCUT2D eigenvalue weighted by molar-refractivity contribution is -0.113. The predicted molar refractivity (Wildman–Crippen MR) is 147 cm³/mol. The predicted octanol–water partition coefficient (Wildman–Crippen LogP) is 6.39. The number of hydrogen-bond donors (Lipinski definition) is 1. The Morgan fingerprint density at radius 2 is 1.91 bits per heavy atom. The first-order valence-corrected chi connectivity index (χ1v) is 14.7. The van der Waals surface area contributed by atoms with Gasteiger partial charge >= 0.3 is 0 Å². The number of carbonyl (C=O) groups excluding carboxylic acids is 1. The summed E-state index contributed by atoms with van der Waals surface area (Å²) in [6.07, 6.45) is 6.35. The standard InChI is InChI=1S/C26H28N4O2S3/c1-14(2)12-19-17-6-5-7-18(17)21-22-23(35-24(21)28-19)25(30-26(29-22)33-4)34-13-20(31)27-15-8-10-16(32-3)11-9-15/h8-11,14H,5-7,12-13H2,1-4H3,(H,27,31). The van der Waals surface area contributed by atoms with E-state index in [4.69, 9.17) is 19.7 Å². The molecule has 1 aromatic carbocycles. The highest BCUT2D eigenvalue weighted by molar-refractivity contribution is 8.00. The van der Waals surface area contributed by atoms with Gasteiger partial charge in [0.2, 0.25) is 5.91 Å². The summed E-state index contributed by atoms with van der Waals surface area (Å²) in [5.74, 6) is 1.52. The minimum atomic E-state index is -0.0722. The highest BCUT2D eigenvalue weighted by atomic mass is 32.2. The number of methoxy groups -OCH3 is 1. The first-order valence-electron chi connectivity index (χ1n) is 11.7. The van der Waals surface area contributed by atoms with Crippen molar-refractivity contribution in [3.05, 3.63) is 41.1 Å². The van der Waals surface area contributed by atoms with Crippen LogP contribution in [0.25, 0.3) is 20.4 Å². The van der Waals surface area contributed by atoms with E-state index >= 15 is 0 Å². The number of benzene rings is 1. The van der Waals surface area contributed by atoms with E-state index in [-0.39, 0.29) is 11.7 Å². The summed E-state index contributed by atoms with van der Waals surface area (Å²) in [5, 5.41) is 5.74. The molecular weight excluding hydrogens is 497 g/mol. The average Bonchev–Trinajstić information content (AvgIpc) is 3.47. The molecule has 182 valence electrons. The number of rotatable bonds is 8. The molecule has 3 heterocycles. The van der Waals surface area contributed by atoms with Crippen molar-refractivity contribution in [1.29, 1.82) is 0 Å². The fourth-order valence-electron chi connectivity index (χ4n) is 4.55. The van der Waals surface area contributed by atoms with Gasteiger partial charge in [0.1, 0.15) is 15.6 Å². The van der Waals surface area contributed by atoms with Crippen molar-refractivity contribution in [1.82, 2.24) is 15.0 Å². The summed E-state index contributed by atoms with van der Waals surface area (Å²) in [6.45, 7) is 4.50. The first kappa shape index (κ1) is 24.3. The van der Waals surface area contributed by atoms with Crippen molar-refractivity contribution in [2.75, 3.05) is 24.4 Å². The van der Waals surface area contributed by atoms with Gasteiger partial charge in [0, 0.05) is 16.8 Å². The van der Waals surface area contributed by atoms with Gasteiger partial charge in [-0.05, 0) is 73.2 Å². The molecule has 0 spiro atoms. The number of ether oxygens (including phenoxy) is 1. The van der Waals surface area contributed by atoms with Gasteiger partial charge in [0.05, 0.1) is 23.1 Å². The van der Waals surface area contributed by atoms with E-state index in [0.717, 1.165) is 55.9 Å². The van der Waals surface area contributed by atoms with Crippen LogP contribution in [-0.2, 0) is 24.1 Å². The fourth-order valence-corrected chi connectivity index (χ4v) is 7.04. The van der Waals surface area contributed by atoms with E-state index in [1.54, 1.807) is 18.4 Å². The van der Waals surface area contributed by atoms with Gasteiger partial charge in [-0.3, -0.25) is 4.79 Å². The number of nitrogens with one attached hydrogen (secondary N) is 1. The van der Waals surface area contributed by atoms with Crippen molar-refractivity contribution in [3.8, 4) is 5.75 Å². The number of amides is 1. The van der Waals surface area contributed by atoms with Crippen molar-refractivity contribution in [3.63, 3.8) is 0 Å². The Hall–Kier alpha value is -2.36. The largest absolute Gasteiger partial charge is 0.497 e. The minimum absolute atomic E-state index is 0.0722.